The summed E-state index contributed by atoms with van der Waals surface area (Å²) in [5.41, 5.74) is 3.63. The van der Waals surface area contributed by atoms with Crippen LogP contribution in [0.4, 0.5) is 0 Å². The van der Waals surface area contributed by atoms with E-state index in [0.717, 1.165) is 71.9 Å². The van der Waals surface area contributed by atoms with Gasteiger partial charge in [-0.2, -0.15) is 0 Å². The molecule has 0 aliphatic carbocycles. The Labute approximate surface area is 232 Å². The van der Waals surface area contributed by atoms with Gasteiger partial charge >= 0.3 is 0 Å². The highest BCUT2D eigenvalue weighted by Gasteiger charge is 2.12. The van der Waals surface area contributed by atoms with Gasteiger partial charge in [0.25, 0.3) is 0 Å². The number of benzene rings is 2. The third-order valence-corrected chi connectivity index (χ3v) is 7.97. The van der Waals surface area contributed by atoms with Crippen LogP contribution in [0.2, 0.25) is 0 Å². The summed E-state index contributed by atoms with van der Waals surface area (Å²) in [6.45, 7) is 1.73. The quantitative estimate of drug-likeness (QED) is 0.131. The Kier molecular flexibility index (Phi) is 7.67. The predicted octanol–water partition coefficient (Wildman–Crippen LogP) is 7.23. The number of pyridine rings is 4. The van der Waals surface area contributed by atoms with Crippen molar-refractivity contribution in [2.24, 2.45) is 0 Å². The molecular formula is C34H34N4O2. The Bertz CT molecular complexity index is 1660. The van der Waals surface area contributed by atoms with Gasteiger partial charge in [0.15, 0.2) is 10.9 Å². The van der Waals surface area contributed by atoms with Crippen LogP contribution >= 0.6 is 0 Å². The van der Waals surface area contributed by atoms with Gasteiger partial charge in [-0.1, -0.05) is 62.8 Å². The summed E-state index contributed by atoms with van der Waals surface area (Å²) in [6, 6.07) is 23.2. The number of aryl methyl sites for hydroxylation is 2. The standard InChI is InChI=1S/C34H34N4O2/c39-31-25-15-7-9-19-29(25)37(33-27(31)17-13-21-35-33)23-11-5-3-1-2-4-6-12-24-38-30-20-10-8-16-26(30)32(40)28-18-14-22-36-34(28)38/h7-10,13-22H,1-6,11-12,23-24H2. The number of hydrogen-bond acceptors (Lipinski definition) is 4. The summed E-state index contributed by atoms with van der Waals surface area (Å²) in [5, 5.41) is 2.92. The second-order valence-electron chi connectivity index (χ2n) is 10.6. The fourth-order valence-corrected chi connectivity index (χ4v) is 5.95. The van der Waals surface area contributed by atoms with Gasteiger partial charge < -0.3 is 9.13 Å². The number of nitrogens with zero attached hydrogens (tertiary/aromatic N) is 4. The van der Waals surface area contributed by atoms with E-state index in [9.17, 15) is 9.59 Å². The zero-order chi connectivity index (χ0) is 27.3. The lowest BCUT2D eigenvalue weighted by Crippen LogP contribution is -2.12. The van der Waals surface area contributed by atoms with E-state index in [2.05, 4.69) is 19.1 Å². The molecule has 0 atom stereocenters. The molecule has 0 amide bonds. The molecule has 0 bridgehead atoms. The molecule has 0 saturated carbocycles. The second-order valence-corrected chi connectivity index (χ2v) is 10.6. The Hall–Kier alpha value is -4.32. The van der Waals surface area contributed by atoms with Crippen molar-refractivity contribution in [2.45, 2.75) is 64.5 Å². The Morgan fingerprint density at radius 1 is 0.450 bits per heavy atom. The molecule has 6 rings (SSSR count). The molecule has 6 heteroatoms. The number of hydrogen-bond donors (Lipinski definition) is 0. The summed E-state index contributed by atoms with van der Waals surface area (Å²) in [4.78, 5) is 34.9. The zero-order valence-electron chi connectivity index (χ0n) is 22.8. The van der Waals surface area contributed by atoms with Gasteiger partial charge in [-0.3, -0.25) is 9.59 Å². The van der Waals surface area contributed by atoms with Gasteiger partial charge in [0.2, 0.25) is 0 Å². The normalized spacial score (nSPS) is 11.7. The summed E-state index contributed by atoms with van der Waals surface area (Å²) in [6.07, 6.45) is 12.9. The maximum Gasteiger partial charge on any atom is 0.198 e. The van der Waals surface area contributed by atoms with Crippen molar-refractivity contribution >= 4 is 43.9 Å². The number of unbranched alkanes of at least 4 members (excludes halogenated alkanes) is 7. The first-order chi connectivity index (χ1) is 19.7. The fraction of sp³-hybridized carbons (Fsp3) is 0.294. The van der Waals surface area contributed by atoms with E-state index in [4.69, 9.17) is 0 Å². The van der Waals surface area contributed by atoms with Gasteiger partial charge in [-0.05, 0) is 61.4 Å². The molecule has 0 fully saturated rings. The monoisotopic (exact) mass is 530 g/mol. The van der Waals surface area contributed by atoms with Crippen molar-refractivity contribution in [1.29, 1.82) is 0 Å². The highest BCUT2D eigenvalue weighted by atomic mass is 16.1. The molecule has 0 unspecified atom stereocenters. The van der Waals surface area contributed by atoms with Crippen molar-refractivity contribution < 1.29 is 0 Å². The maximum atomic E-state index is 12.9. The van der Waals surface area contributed by atoms with Crippen LogP contribution in [0, 0.1) is 0 Å². The van der Waals surface area contributed by atoms with Crippen molar-refractivity contribution in [3.8, 4) is 0 Å². The summed E-state index contributed by atoms with van der Waals surface area (Å²) < 4.78 is 4.43. The van der Waals surface area contributed by atoms with Crippen LogP contribution in [0.1, 0.15) is 51.4 Å². The minimum Gasteiger partial charge on any atom is -0.325 e. The van der Waals surface area contributed by atoms with Gasteiger partial charge in [0.1, 0.15) is 11.3 Å². The number of rotatable bonds is 11. The van der Waals surface area contributed by atoms with E-state index in [1.807, 2.05) is 72.8 Å². The number of para-hydroxylation sites is 2. The van der Waals surface area contributed by atoms with Crippen molar-refractivity contribution in [1.82, 2.24) is 19.1 Å². The molecular weight excluding hydrogens is 496 g/mol. The van der Waals surface area contributed by atoms with E-state index >= 15 is 0 Å². The Balaban J connectivity index is 0.990. The summed E-state index contributed by atoms with van der Waals surface area (Å²) >= 11 is 0. The highest BCUT2D eigenvalue weighted by molar-refractivity contribution is 5.92. The summed E-state index contributed by atoms with van der Waals surface area (Å²) in [5.74, 6) is 0. The third-order valence-electron chi connectivity index (χ3n) is 7.97. The first kappa shape index (κ1) is 25.9. The van der Waals surface area contributed by atoms with Crippen LogP contribution in [0.25, 0.3) is 43.9 Å². The molecule has 6 nitrogen and oxygen atoms in total. The molecule has 0 aliphatic heterocycles. The van der Waals surface area contributed by atoms with E-state index in [1.54, 1.807) is 12.4 Å². The molecule has 0 aliphatic rings. The van der Waals surface area contributed by atoms with Crippen LogP contribution < -0.4 is 10.9 Å². The lowest BCUT2D eigenvalue weighted by molar-refractivity contribution is 0.534. The molecule has 6 aromatic rings. The number of fused-ring (bicyclic) bond motifs is 4. The first-order valence-electron chi connectivity index (χ1n) is 14.5. The molecule has 0 saturated heterocycles. The first-order valence-corrected chi connectivity index (χ1v) is 14.5. The zero-order valence-corrected chi connectivity index (χ0v) is 22.8. The van der Waals surface area contributed by atoms with E-state index in [1.165, 1.54) is 25.7 Å². The lowest BCUT2D eigenvalue weighted by atomic mass is 10.1. The van der Waals surface area contributed by atoms with E-state index < -0.39 is 0 Å². The third kappa shape index (κ3) is 5.02. The van der Waals surface area contributed by atoms with E-state index in [-0.39, 0.29) is 10.9 Å². The number of aromatic nitrogens is 4. The van der Waals surface area contributed by atoms with Crippen LogP contribution in [0.15, 0.2) is 94.8 Å². The van der Waals surface area contributed by atoms with Gasteiger partial charge in [-0.15, -0.1) is 0 Å². The van der Waals surface area contributed by atoms with Gasteiger partial charge in [0.05, 0.1) is 21.8 Å². The molecule has 202 valence electrons. The molecule has 0 N–H and O–H groups in total. The van der Waals surface area contributed by atoms with Crippen molar-refractivity contribution in [3.63, 3.8) is 0 Å². The fourth-order valence-electron chi connectivity index (χ4n) is 5.95. The largest absolute Gasteiger partial charge is 0.325 e. The summed E-state index contributed by atoms with van der Waals surface area (Å²) in [7, 11) is 0. The average molecular weight is 531 g/mol. The van der Waals surface area contributed by atoms with Crippen LogP contribution in [-0.2, 0) is 13.1 Å². The molecule has 0 spiro atoms. The van der Waals surface area contributed by atoms with Gasteiger partial charge in [0, 0.05) is 36.3 Å². The highest BCUT2D eigenvalue weighted by Crippen LogP contribution is 2.21. The van der Waals surface area contributed by atoms with Crippen LogP contribution in [0.3, 0.4) is 0 Å². The second kappa shape index (κ2) is 11.8. The van der Waals surface area contributed by atoms with Crippen molar-refractivity contribution in [3.05, 3.63) is 106 Å². The average Bonchev–Trinajstić information content (AvgIpc) is 3.01. The Morgan fingerprint density at radius 2 is 0.825 bits per heavy atom. The van der Waals surface area contributed by atoms with Crippen molar-refractivity contribution in [2.75, 3.05) is 0 Å². The Morgan fingerprint density at radius 3 is 1.27 bits per heavy atom. The molecule has 4 heterocycles. The minimum atomic E-state index is 0.0633. The SMILES string of the molecule is O=c1c2ccccc2n(CCCCCCCCCCn2c3ccccc3c(=O)c3cccnc32)c2ncccc12. The smallest absolute Gasteiger partial charge is 0.198 e. The van der Waals surface area contributed by atoms with Crippen LogP contribution in [0.5, 0.6) is 0 Å². The molecule has 40 heavy (non-hydrogen) atoms. The predicted molar refractivity (Wildman–Crippen MR) is 164 cm³/mol. The van der Waals surface area contributed by atoms with Gasteiger partial charge in [-0.25, -0.2) is 9.97 Å². The minimum absolute atomic E-state index is 0.0633. The molecule has 4 aromatic heterocycles. The van der Waals surface area contributed by atoms with E-state index in [0.29, 0.717) is 10.8 Å². The lowest BCUT2D eigenvalue weighted by Gasteiger charge is -2.14. The maximum absolute atomic E-state index is 12.9. The molecule has 0 radical (unpaired) electrons. The van der Waals surface area contributed by atoms with Crippen LogP contribution in [-0.4, -0.2) is 19.1 Å². The molecule has 2 aromatic carbocycles. The topological polar surface area (TPSA) is 69.8 Å².